The summed E-state index contributed by atoms with van der Waals surface area (Å²) in [5.41, 5.74) is 3.81. The molecule has 5 nitrogen and oxygen atoms in total. The molecule has 1 aliphatic heterocycles. The van der Waals surface area contributed by atoms with Crippen molar-refractivity contribution in [2.75, 3.05) is 11.4 Å². The van der Waals surface area contributed by atoms with Crippen molar-refractivity contribution in [2.45, 2.75) is 26.8 Å². The molecule has 0 unspecified atom stereocenters. The maximum absolute atomic E-state index is 4.57. The Morgan fingerprint density at radius 2 is 2.05 bits per heavy atom. The van der Waals surface area contributed by atoms with Crippen LogP contribution >= 0.6 is 11.3 Å². The lowest BCUT2D eigenvalue weighted by atomic mass is 10.1. The summed E-state index contributed by atoms with van der Waals surface area (Å²) in [6.45, 7) is 6.12. The van der Waals surface area contributed by atoms with Gasteiger partial charge >= 0.3 is 0 Å². The molecular formula is C15H17N5S. The molecule has 3 aromatic heterocycles. The van der Waals surface area contributed by atoms with Gasteiger partial charge in [0.25, 0.3) is 0 Å². The van der Waals surface area contributed by atoms with E-state index in [1.54, 1.807) is 17.7 Å². The Morgan fingerprint density at radius 3 is 2.90 bits per heavy atom. The molecule has 21 heavy (non-hydrogen) atoms. The summed E-state index contributed by atoms with van der Waals surface area (Å²) < 4.78 is 2.13. The summed E-state index contributed by atoms with van der Waals surface area (Å²) in [7, 11) is 2.07. The quantitative estimate of drug-likeness (QED) is 0.693. The van der Waals surface area contributed by atoms with Crippen LogP contribution in [-0.4, -0.2) is 26.1 Å². The van der Waals surface area contributed by atoms with E-state index in [1.165, 1.54) is 27.2 Å². The van der Waals surface area contributed by atoms with Gasteiger partial charge in [0.15, 0.2) is 0 Å². The minimum Gasteiger partial charge on any atom is -0.350 e. The molecule has 0 saturated heterocycles. The van der Waals surface area contributed by atoms with E-state index in [9.17, 15) is 0 Å². The normalized spacial score (nSPS) is 14.7. The molecule has 108 valence electrons. The summed E-state index contributed by atoms with van der Waals surface area (Å²) in [5.74, 6) is 1.05. The number of rotatable bonds is 1. The van der Waals surface area contributed by atoms with Crippen LogP contribution < -0.4 is 4.90 Å². The molecule has 1 aliphatic rings. The van der Waals surface area contributed by atoms with Crippen LogP contribution in [0.5, 0.6) is 0 Å². The fraction of sp³-hybridized carbons (Fsp3) is 0.400. The zero-order valence-corrected chi connectivity index (χ0v) is 13.2. The van der Waals surface area contributed by atoms with E-state index in [0.717, 1.165) is 30.2 Å². The number of aromatic nitrogens is 4. The van der Waals surface area contributed by atoms with Gasteiger partial charge in [-0.05, 0) is 19.4 Å². The molecule has 0 aliphatic carbocycles. The average Bonchev–Trinajstić information content (AvgIpc) is 3.00. The number of thiophene rings is 1. The molecule has 0 aromatic carbocycles. The molecule has 6 heteroatoms. The van der Waals surface area contributed by atoms with E-state index < -0.39 is 0 Å². The van der Waals surface area contributed by atoms with Gasteiger partial charge in [-0.1, -0.05) is 0 Å². The molecule has 4 heterocycles. The van der Waals surface area contributed by atoms with Crippen molar-refractivity contribution >= 4 is 27.4 Å². The fourth-order valence-corrected chi connectivity index (χ4v) is 4.03. The number of fused-ring (bicyclic) bond motifs is 2. The third kappa shape index (κ3) is 1.86. The predicted octanol–water partition coefficient (Wildman–Crippen LogP) is 2.60. The van der Waals surface area contributed by atoms with E-state index in [2.05, 4.69) is 45.3 Å². The van der Waals surface area contributed by atoms with Crippen LogP contribution in [0.15, 0.2) is 12.7 Å². The first-order chi connectivity index (χ1) is 10.1. The Balaban J connectivity index is 1.81. The first-order valence-electron chi connectivity index (χ1n) is 7.10. The zero-order chi connectivity index (χ0) is 14.6. The first kappa shape index (κ1) is 12.8. The van der Waals surface area contributed by atoms with Crippen molar-refractivity contribution in [2.24, 2.45) is 7.05 Å². The second kappa shape index (κ2) is 4.53. The number of imidazole rings is 1. The largest absolute Gasteiger partial charge is 0.350 e. The van der Waals surface area contributed by atoms with Crippen LogP contribution in [0, 0.1) is 13.8 Å². The second-order valence-electron chi connectivity index (χ2n) is 5.58. The standard InChI is InChI=1S/C15H17N5S/c1-9-10(2)21-15-13(9)14(16-7-17-15)20-5-4-12-11(6-20)18-8-19(12)3/h7-8H,4-6H2,1-3H3. The molecule has 0 bridgehead atoms. The van der Waals surface area contributed by atoms with Gasteiger partial charge in [-0.15, -0.1) is 11.3 Å². The molecule has 4 rings (SSSR count). The lowest BCUT2D eigenvalue weighted by Crippen LogP contribution is -2.32. The maximum atomic E-state index is 4.57. The second-order valence-corrected chi connectivity index (χ2v) is 6.78. The van der Waals surface area contributed by atoms with E-state index >= 15 is 0 Å². The Bertz CT molecular complexity index is 832. The van der Waals surface area contributed by atoms with Crippen LogP contribution in [0.4, 0.5) is 5.82 Å². The highest BCUT2D eigenvalue weighted by Crippen LogP contribution is 2.35. The molecule has 0 atom stereocenters. The van der Waals surface area contributed by atoms with Crippen LogP contribution in [-0.2, 0) is 20.0 Å². The van der Waals surface area contributed by atoms with Gasteiger partial charge in [-0.25, -0.2) is 15.0 Å². The van der Waals surface area contributed by atoms with Gasteiger partial charge < -0.3 is 9.47 Å². The van der Waals surface area contributed by atoms with E-state index in [-0.39, 0.29) is 0 Å². The molecule has 0 fully saturated rings. The summed E-state index contributed by atoms with van der Waals surface area (Å²) in [5, 5.41) is 1.21. The minimum atomic E-state index is 0.830. The first-order valence-corrected chi connectivity index (χ1v) is 7.91. The Kier molecular flexibility index (Phi) is 2.75. The van der Waals surface area contributed by atoms with Crippen molar-refractivity contribution in [3.05, 3.63) is 34.5 Å². The highest BCUT2D eigenvalue weighted by molar-refractivity contribution is 7.18. The lowest BCUT2D eigenvalue weighted by Gasteiger charge is -2.28. The number of hydrogen-bond donors (Lipinski definition) is 0. The predicted molar refractivity (Wildman–Crippen MR) is 84.9 cm³/mol. The Labute approximate surface area is 127 Å². The Hall–Kier alpha value is -1.95. The number of nitrogens with zero attached hydrogens (tertiary/aromatic N) is 5. The molecular weight excluding hydrogens is 282 g/mol. The van der Waals surface area contributed by atoms with Gasteiger partial charge in [0.05, 0.1) is 24.0 Å². The molecule has 0 spiro atoms. The van der Waals surface area contributed by atoms with E-state index in [0.29, 0.717) is 0 Å². The van der Waals surface area contributed by atoms with Crippen molar-refractivity contribution in [1.29, 1.82) is 0 Å². The third-order valence-electron chi connectivity index (χ3n) is 4.35. The highest BCUT2D eigenvalue weighted by Gasteiger charge is 2.23. The van der Waals surface area contributed by atoms with Gasteiger partial charge in [-0.3, -0.25) is 0 Å². The van der Waals surface area contributed by atoms with Crippen LogP contribution in [0.1, 0.15) is 21.8 Å². The van der Waals surface area contributed by atoms with E-state index in [1.807, 2.05) is 6.33 Å². The maximum Gasteiger partial charge on any atom is 0.141 e. The van der Waals surface area contributed by atoms with Crippen molar-refractivity contribution in [3.8, 4) is 0 Å². The molecule has 0 saturated carbocycles. The summed E-state index contributed by atoms with van der Waals surface area (Å²) in [6, 6.07) is 0. The van der Waals surface area contributed by atoms with Gasteiger partial charge in [-0.2, -0.15) is 0 Å². The molecule has 0 amide bonds. The minimum absolute atomic E-state index is 0.830. The Morgan fingerprint density at radius 1 is 1.19 bits per heavy atom. The fourth-order valence-electron chi connectivity index (χ4n) is 3.04. The monoisotopic (exact) mass is 299 g/mol. The lowest BCUT2D eigenvalue weighted by molar-refractivity contribution is 0.678. The van der Waals surface area contributed by atoms with Gasteiger partial charge in [0.2, 0.25) is 0 Å². The summed E-state index contributed by atoms with van der Waals surface area (Å²) >= 11 is 1.75. The smallest absolute Gasteiger partial charge is 0.141 e. The van der Waals surface area contributed by atoms with Gasteiger partial charge in [0, 0.05) is 30.6 Å². The summed E-state index contributed by atoms with van der Waals surface area (Å²) in [4.78, 5) is 18.3. The van der Waals surface area contributed by atoms with Gasteiger partial charge in [0.1, 0.15) is 17.0 Å². The topological polar surface area (TPSA) is 46.8 Å². The van der Waals surface area contributed by atoms with Crippen LogP contribution in [0.25, 0.3) is 10.2 Å². The number of hydrogen-bond acceptors (Lipinski definition) is 5. The number of aryl methyl sites for hydroxylation is 3. The average molecular weight is 299 g/mol. The van der Waals surface area contributed by atoms with Crippen LogP contribution in [0.3, 0.4) is 0 Å². The van der Waals surface area contributed by atoms with Crippen molar-refractivity contribution in [3.63, 3.8) is 0 Å². The zero-order valence-electron chi connectivity index (χ0n) is 12.4. The van der Waals surface area contributed by atoms with E-state index in [4.69, 9.17) is 0 Å². The molecule has 0 radical (unpaired) electrons. The van der Waals surface area contributed by atoms with Crippen molar-refractivity contribution < 1.29 is 0 Å². The third-order valence-corrected chi connectivity index (χ3v) is 5.46. The molecule has 3 aromatic rings. The SMILES string of the molecule is Cc1sc2ncnc(N3CCc4c(ncn4C)C3)c2c1C. The number of anilines is 1. The van der Waals surface area contributed by atoms with Crippen molar-refractivity contribution in [1.82, 2.24) is 19.5 Å². The highest BCUT2D eigenvalue weighted by atomic mass is 32.1. The van der Waals surface area contributed by atoms with Crippen LogP contribution in [0.2, 0.25) is 0 Å². The molecule has 0 N–H and O–H groups in total. The summed E-state index contributed by atoms with van der Waals surface area (Å²) in [6.07, 6.45) is 4.60.